The molecular formula is C38H37ClO4. The average molecular weight is 593 g/mol. The van der Waals surface area contributed by atoms with E-state index in [1.807, 2.05) is 93.6 Å². The van der Waals surface area contributed by atoms with E-state index < -0.39 is 0 Å². The standard InChI is InChI=1S/C38H37ClO4/c1-4-35(40)38(25(3)19-26-9-7-12-30(21-26)43-23-37(42)29-10-8-11-29)32-22-33(34(39)20-24(32)2)28-17-15-27(16-18-28)31-13-5-6-14-36(31)41/h5-7,9,12-18,20-22,29,41H,4,8,10-11,19,23H2,1-3H3/b38-25-. The zero-order chi connectivity index (χ0) is 30.5. The number of aromatic hydroxyl groups is 1. The molecule has 5 rings (SSSR count). The zero-order valence-electron chi connectivity index (χ0n) is 25.0. The summed E-state index contributed by atoms with van der Waals surface area (Å²) < 4.78 is 5.84. The summed E-state index contributed by atoms with van der Waals surface area (Å²) in [6.07, 6.45) is 4.01. The van der Waals surface area contributed by atoms with Crippen LogP contribution in [0.2, 0.25) is 5.02 Å². The van der Waals surface area contributed by atoms with Crippen LogP contribution in [0, 0.1) is 12.8 Å². The minimum absolute atomic E-state index is 0.0715. The number of ether oxygens (including phenoxy) is 1. The third kappa shape index (κ3) is 6.92. The number of phenols is 1. The summed E-state index contributed by atoms with van der Waals surface area (Å²) in [5, 5.41) is 10.9. The van der Waals surface area contributed by atoms with E-state index in [0.717, 1.165) is 63.8 Å². The number of Topliss-reactive ketones (excluding diaryl/α,β-unsaturated/α-hetero) is 2. The number of halogens is 1. The second-order valence-corrected chi connectivity index (χ2v) is 11.8. The van der Waals surface area contributed by atoms with Crippen LogP contribution < -0.4 is 4.74 Å². The molecule has 0 saturated heterocycles. The summed E-state index contributed by atoms with van der Waals surface area (Å²) in [5.41, 5.74) is 7.91. The summed E-state index contributed by atoms with van der Waals surface area (Å²) in [7, 11) is 0. The van der Waals surface area contributed by atoms with Crippen LogP contribution in [0.5, 0.6) is 11.5 Å². The minimum atomic E-state index is 0.0715. The van der Waals surface area contributed by atoms with Crippen molar-refractivity contribution in [2.24, 2.45) is 5.92 Å². The molecule has 43 heavy (non-hydrogen) atoms. The Morgan fingerprint density at radius 3 is 2.26 bits per heavy atom. The highest BCUT2D eigenvalue weighted by Gasteiger charge is 2.25. The molecule has 0 aliphatic heterocycles. The van der Waals surface area contributed by atoms with Gasteiger partial charge in [-0.2, -0.15) is 0 Å². The van der Waals surface area contributed by atoms with Gasteiger partial charge in [-0.05, 0) is 91.3 Å². The van der Waals surface area contributed by atoms with Gasteiger partial charge in [-0.15, -0.1) is 0 Å². The first kappa shape index (κ1) is 30.3. The Morgan fingerprint density at radius 1 is 0.907 bits per heavy atom. The Bertz CT molecular complexity index is 1680. The lowest BCUT2D eigenvalue weighted by atomic mass is 9.82. The van der Waals surface area contributed by atoms with Crippen LogP contribution in [0.1, 0.15) is 56.2 Å². The average Bonchev–Trinajstić information content (AvgIpc) is 2.97. The van der Waals surface area contributed by atoms with Crippen LogP contribution in [0.4, 0.5) is 0 Å². The van der Waals surface area contributed by atoms with Crippen LogP contribution in [-0.4, -0.2) is 23.3 Å². The highest BCUT2D eigenvalue weighted by Crippen LogP contribution is 2.37. The summed E-state index contributed by atoms with van der Waals surface area (Å²) in [6, 6.07) is 26.9. The summed E-state index contributed by atoms with van der Waals surface area (Å²) in [6.45, 7) is 5.97. The van der Waals surface area contributed by atoms with Crippen molar-refractivity contribution in [1.82, 2.24) is 0 Å². The van der Waals surface area contributed by atoms with Crippen molar-refractivity contribution in [1.29, 1.82) is 0 Å². The van der Waals surface area contributed by atoms with Crippen molar-refractivity contribution in [3.05, 3.63) is 112 Å². The highest BCUT2D eigenvalue weighted by molar-refractivity contribution is 6.33. The molecule has 4 aromatic carbocycles. The fourth-order valence-corrected chi connectivity index (χ4v) is 5.97. The summed E-state index contributed by atoms with van der Waals surface area (Å²) >= 11 is 6.77. The van der Waals surface area contributed by atoms with Gasteiger partial charge in [-0.25, -0.2) is 0 Å². The molecule has 0 aromatic heterocycles. The predicted molar refractivity (Wildman–Crippen MR) is 175 cm³/mol. The smallest absolute Gasteiger partial charge is 0.173 e. The maximum Gasteiger partial charge on any atom is 0.173 e. The van der Waals surface area contributed by atoms with E-state index in [4.69, 9.17) is 16.3 Å². The SMILES string of the molecule is CCC(=O)/C(=C(/C)Cc1cccc(OCC(=O)C2CCC2)c1)c1cc(-c2ccc(-c3ccccc3O)cc2)c(Cl)cc1C. The number of aryl methyl sites for hydroxylation is 1. The number of para-hydroxylation sites is 1. The van der Waals surface area contributed by atoms with Crippen LogP contribution in [0.3, 0.4) is 0 Å². The number of hydrogen-bond acceptors (Lipinski definition) is 4. The normalized spacial score (nSPS) is 13.7. The highest BCUT2D eigenvalue weighted by atomic mass is 35.5. The van der Waals surface area contributed by atoms with E-state index in [1.54, 1.807) is 12.1 Å². The van der Waals surface area contributed by atoms with Crippen molar-refractivity contribution in [3.63, 3.8) is 0 Å². The number of phenolic OH excluding ortho intramolecular Hbond substituents is 1. The third-order valence-electron chi connectivity index (χ3n) is 8.33. The maximum atomic E-state index is 13.4. The van der Waals surface area contributed by atoms with Crippen molar-refractivity contribution < 1.29 is 19.4 Å². The van der Waals surface area contributed by atoms with Gasteiger partial charge in [-0.3, -0.25) is 9.59 Å². The Hall–Kier alpha value is -4.15. The van der Waals surface area contributed by atoms with E-state index >= 15 is 0 Å². The largest absolute Gasteiger partial charge is 0.507 e. The number of carbonyl (C=O) groups is 2. The molecule has 1 N–H and O–H groups in total. The van der Waals surface area contributed by atoms with Crippen LogP contribution in [0.15, 0.2) is 90.5 Å². The summed E-state index contributed by atoms with van der Waals surface area (Å²) in [5.74, 6) is 1.29. The van der Waals surface area contributed by atoms with Crippen LogP contribution in [-0.2, 0) is 16.0 Å². The number of hydrogen-bond donors (Lipinski definition) is 1. The molecule has 0 unspecified atom stereocenters. The number of rotatable bonds is 11. The molecule has 0 radical (unpaired) electrons. The van der Waals surface area contributed by atoms with E-state index in [1.165, 1.54) is 0 Å². The number of carbonyl (C=O) groups excluding carboxylic acids is 2. The zero-order valence-corrected chi connectivity index (χ0v) is 25.7. The molecular weight excluding hydrogens is 556 g/mol. The van der Waals surface area contributed by atoms with Crippen molar-refractivity contribution in [3.8, 4) is 33.8 Å². The monoisotopic (exact) mass is 592 g/mol. The van der Waals surface area contributed by atoms with Crippen LogP contribution in [0.25, 0.3) is 27.8 Å². The Kier molecular flexibility index (Phi) is 9.47. The van der Waals surface area contributed by atoms with E-state index in [9.17, 15) is 14.7 Å². The van der Waals surface area contributed by atoms with Gasteiger partial charge < -0.3 is 9.84 Å². The van der Waals surface area contributed by atoms with Gasteiger partial charge in [0.2, 0.25) is 0 Å². The minimum Gasteiger partial charge on any atom is -0.507 e. The molecule has 5 heteroatoms. The maximum absolute atomic E-state index is 13.4. The molecule has 0 heterocycles. The van der Waals surface area contributed by atoms with Gasteiger partial charge in [0, 0.05) is 34.1 Å². The lowest BCUT2D eigenvalue weighted by Gasteiger charge is -2.23. The second kappa shape index (κ2) is 13.4. The van der Waals surface area contributed by atoms with Gasteiger partial charge in [-0.1, -0.05) is 85.1 Å². The third-order valence-corrected chi connectivity index (χ3v) is 8.64. The fourth-order valence-electron chi connectivity index (χ4n) is 5.65. The van der Waals surface area contributed by atoms with E-state index in [-0.39, 0.29) is 29.8 Å². The lowest BCUT2D eigenvalue weighted by Crippen LogP contribution is -2.26. The van der Waals surface area contributed by atoms with E-state index in [0.29, 0.717) is 29.2 Å². The van der Waals surface area contributed by atoms with Gasteiger partial charge in [0.05, 0.1) is 0 Å². The first-order chi connectivity index (χ1) is 20.7. The van der Waals surface area contributed by atoms with Gasteiger partial charge in [0.15, 0.2) is 11.6 Å². The topological polar surface area (TPSA) is 63.6 Å². The second-order valence-electron chi connectivity index (χ2n) is 11.4. The molecule has 4 aromatic rings. The van der Waals surface area contributed by atoms with Gasteiger partial charge in [0.1, 0.15) is 18.1 Å². The van der Waals surface area contributed by atoms with Gasteiger partial charge >= 0.3 is 0 Å². The van der Waals surface area contributed by atoms with E-state index in [2.05, 4.69) is 0 Å². The fraction of sp³-hybridized carbons (Fsp3) is 0.263. The summed E-state index contributed by atoms with van der Waals surface area (Å²) in [4.78, 5) is 25.7. The molecule has 0 atom stereocenters. The van der Waals surface area contributed by atoms with Crippen molar-refractivity contribution in [2.45, 2.75) is 52.9 Å². The molecule has 1 aliphatic rings. The number of benzene rings is 4. The van der Waals surface area contributed by atoms with Crippen molar-refractivity contribution >= 4 is 28.7 Å². The molecule has 220 valence electrons. The Balaban J connectivity index is 1.44. The van der Waals surface area contributed by atoms with Gasteiger partial charge in [0.25, 0.3) is 0 Å². The molecule has 1 saturated carbocycles. The molecule has 1 aliphatic carbocycles. The number of ketones is 2. The number of allylic oxidation sites excluding steroid dienone is 2. The first-order valence-electron chi connectivity index (χ1n) is 14.9. The molecule has 0 spiro atoms. The quantitative estimate of drug-likeness (QED) is 0.176. The lowest BCUT2D eigenvalue weighted by molar-refractivity contribution is -0.127. The van der Waals surface area contributed by atoms with Crippen molar-refractivity contribution in [2.75, 3.05) is 6.61 Å². The predicted octanol–water partition coefficient (Wildman–Crippen LogP) is 9.43. The Labute approximate surface area is 259 Å². The molecule has 0 amide bonds. The molecule has 4 nitrogen and oxygen atoms in total. The molecule has 0 bridgehead atoms. The first-order valence-corrected chi connectivity index (χ1v) is 15.3. The van der Waals surface area contributed by atoms with Crippen LogP contribution >= 0.6 is 11.6 Å². The molecule has 1 fully saturated rings. The Morgan fingerprint density at radius 2 is 1.60 bits per heavy atom.